The molecule has 0 heterocycles. The Kier molecular flexibility index (Phi) is 2.35. The zero-order valence-electron chi connectivity index (χ0n) is 7.23. The standard InChI is InChI=1S/C8H13F2NO/c1-5(2)7(12)11-4-6-3-8(6,9)10/h5-6H,3-4H2,1-2H3,(H,11,12). The third-order valence-corrected chi connectivity index (χ3v) is 2.00. The Balaban J connectivity index is 2.16. The summed E-state index contributed by atoms with van der Waals surface area (Å²) in [6, 6.07) is 0. The third kappa shape index (κ3) is 2.16. The van der Waals surface area contributed by atoms with Crippen molar-refractivity contribution in [3.05, 3.63) is 0 Å². The molecule has 4 heteroatoms. The minimum absolute atomic E-state index is 0.0780. The van der Waals surface area contributed by atoms with Gasteiger partial charge in [0.05, 0.1) is 0 Å². The minimum Gasteiger partial charge on any atom is -0.355 e. The van der Waals surface area contributed by atoms with Crippen molar-refractivity contribution in [1.82, 2.24) is 5.32 Å². The Hall–Kier alpha value is -0.670. The lowest BCUT2D eigenvalue weighted by Crippen LogP contribution is -2.30. The molecule has 1 amide bonds. The monoisotopic (exact) mass is 177 g/mol. The van der Waals surface area contributed by atoms with Crippen molar-refractivity contribution < 1.29 is 13.6 Å². The van der Waals surface area contributed by atoms with Crippen LogP contribution in [-0.4, -0.2) is 18.4 Å². The molecule has 0 aromatic carbocycles. The normalized spacial score (nSPS) is 25.6. The quantitative estimate of drug-likeness (QED) is 0.693. The van der Waals surface area contributed by atoms with Gasteiger partial charge in [0.25, 0.3) is 5.92 Å². The zero-order chi connectivity index (χ0) is 9.35. The van der Waals surface area contributed by atoms with Gasteiger partial charge in [-0.15, -0.1) is 0 Å². The fourth-order valence-electron chi connectivity index (χ4n) is 0.919. The van der Waals surface area contributed by atoms with Gasteiger partial charge in [0, 0.05) is 24.8 Å². The largest absolute Gasteiger partial charge is 0.355 e. The van der Waals surface area contributed by atoms with Crippen LogP contribution in [0.15, 0.2) is 0 Å². The first-order valence-corrected chi connectivity index (χ1v) is 4.09. The van der Waals surface area contributed by atoms with Crippen LogP contribution in [0.4, 0.5) is 8.78 Å². The van der Waals surface area contributed by atoms with Gasteiger partial charge in [0.2, 0.25) is 5.91 Å². The van der Waals surface area contributed by atoms with E-state index in [1.807, 2.05) is 0 Å². The molecule has 1 rings (SSSR count). The van der Waals surface area contributed by atoms with Crippen LogP contribution in [0.1, 0.15) is 20.3 Å². The molecule has 1 N–H and O–H groups in total. The predicted octanol–water partition coefficient (Wildman–Crippen LogP) is 1.41. The number of carbonyl (C=O) groups is 1. The van der Waals surface area contributed by atoms with Gasteiger partial charge in [-0.1, -0.05) is 13.8 Å². The van der Waals surface area contributed by atoms with E-state index in [2.05, 4.69) is 5.32 Å². The lowest BCUT2D eigenvalue weighted by Gasteiger charge is -2.06. The molecule has 0 spiro atoms. The topological polar surface area (TPSA) is 29.1 Å². The van der Waals surface area contributed by atoms with Crippen molar-refractivity contribution >= 4 is 5.91 Å². The van der Waals surface area contributed by atoms with E-state index < -0.39 is 11.8 Å². The summed E-state index contributed by atoms with van der Waals surface area (Å²) in [5.41, 5.74) is 0. The van der Waals surface area contributed by atoms with Gasteiger partial charge in [0.1, 0.15) is 0 Å². The molecule has 0 saturated heterocycles. The van der Waals surface area contributed by atoms with E-state index >= 15 is 0 Å². The van der Waals surface area contributed by atoms with E-state index in [1.165, 1.54) is 0 Å². The molecule has 1 aliphatic rings. The number of nitrogens with one attached hydrogen (secondary N) is 1. The van der Waals surface area contributed by atoms with Crippen molar-refractivity contribution in [2.45, 2.75) is 26.2 Å². The second-order valence-electron chi connectivity index (χ2n) is 3.56. The summed E-state index contributed by atoms with van der Waals surface area (Å²) in [5.74, 6) is -3.43. The number of rotatable bonds is 3. The number of halogens is 2. The molecule has 2 nitrogen and oxygen atoms in total. The predicted molar refractivity (Wildman–Crippen MR) is 40.9 cm³/mol. The third-order valence-electron chi connectivity index (χ3n) is 2.00. The van der Waals surface area contributed by atoms with Crippen LogP contribution in [-0.2, 0) is 4.79 Å². The molecular weight excluding hydrogens is 164 g/mol. The van der Waals surface area contributed by atoms with Crippen molar-refractivity contribution in [2.24, 2.45) is 11.8 Å². The molecule has 1 fully saturated rings. The first-order chi connectivity index (χ1) is 5.43. The lowest BCUT2D eigenvalue weighted by molar-refractivity contribution is -0.124. The second kappa shape index (κ2) is 2.99. The van der Waals surface area contributed by atoms with Crippen LogP contribution in [0, 0.1) is 11.8 Å². The fraction of sp³-hybridized carbons (Fsp3) is 0.875. The summed E-state index contributed by atoms with van der Waals surface area (Å²) in [7, 11) is 0. The molecule has 0 bridgehead atoms. The Morgan fingerprint density at radius 3 is 2.50 bits per heavy atom. The maximum Gasteiger partial charge on any atom is 0.253 e. The van der Waals surface area contributed by atoms with E-state index in [0.717, 1.165) is 0 Å². The second-order valence-corrected chi connectivity index (χ2v) is 3.56. The van der Waals surface area contributed by atoms with E-state index in [0.29, 0.717) is 0 Å². The fourth-order valence-corrected chi connectivity index (χ4v) is 0.919. The summed E-state index contributed by atoms with van der Waals surface area (Å²) in [5, 5.41) is 2.48. The van der Waals surface area contributed by atoms with Gasteiger partial charge in [0.15, 0.2) is 0 Å². The van der Waals surface area contributed by atoms with Crippen molar-refractivity contribution in [3.8, 4) is 0 Å². The first-order valence-electron chi connectivity index (χ1n) is 4.09. The molecule has 1 unspecified atom stereocenters. The molecule has 70 valence electrons. The Morgan fingerprint density at radius 2 is 2.17 bits per heavy atom. The number of hydrogen-bond donors (Lipinski definition) is 1. The Bertz CT molecular complexity index is 191. The van der Waals surface area contributed by atoms with E-state index in [-0.39, 0.29) is 24.8 Å². The van der Waals surface area contributed by atoms with E-state index in [1.54, 1.807) is 13.8 Å². The molecule has 1 atom stereocenters. The van der Waals surface area contributed by atoms with E-state index in [9.17, 15) is 13.6 Å². The number of carbonyl (C=O) groups excluding carboxylic acids is 1. The molecule has 0 aliphatic heterocycles. The van der Waals surface area contributed by atoms with Crippen molar-refractivity contribution in [2.75, 3.05) is 6.54 Å². The van der Waals surface area contributed by atoms with E-state index in [4.69, 9.17) is 0 Å². The summed E-state index contributed by atoms with van der Waals surface area (Å²) in [6.07, 6.45) is -0.0780. The Labute approximate surface area is 70.3 Å². The summed E-state index contributed by atoms with van der Waals surface area (Å²) in [4.78, 5) is 10.9. The van der Waals surface area contributed by atoms with Crippen LogP contribution in [0.25, 0.3) is 0 Å². The first kappa shape index (κ1) is 9.42. The van der Waals surface area contributed by atoms with Gasteiger partial charge < -0.3 is 5.32 Å². The van der Waals surface area contributed by atoms with Gasteiger partial charge in [-0.25, -0.2) is 8.78 Å². The molecule has 0 aromatic heterocycles. The highest BCUT2D eigenvalue weighted by Crippen LogP contribution is 2.47. The summed E-state index contributed by atoms with van der Waals surface area (Å²) < 4.78 is 24.6. The maximum atomic E-state index is 12.3. The maximum absolute atomic E-state index is 12.3. The van der Waals surface area contributed by atoms with Crippen molar-refractivity contribution in [1.29, 1.82) is 0 Å². The van der Waals surface area contributed by atoms with Gasteiger partial charge >= 0.3 is 0 Å². The number of alkyl halides is 2. The summed E-state index contributed by atoms with van der Waals surface area (Å²) in [6.45, 7) is 3.59. The Morgan fingerprint density at radius 1 is 1.67 bits per heavy atom. The zero-order valence-corrected chi connectivity index (χ0v) is 7.23. The average molecular weight is 177 g/mol. The molecule has 0 aromatic rings. The smallest absolute Gasteiger partial charge is 0.253 e. The van der Waals surface area contributed by atoms with Crippen LogP contribution < -0.4 is 5.32 Å². The average Bonchev–Trinajstić information content (AvgIpc) is 2.54. The van der Waals surface area contributed by atoms with Crippen molar-refractivity contribution in [3.63, 3.8) is 0 Å². The highest BCUT2D eigenvalue weighted by atomic mass is 19.3. The summed E-state index contributed by atoms with van der Waals surface area (Å²) >= 11 is 0. The molecule has 1 saturated carbocycles. The van der Waals surface area contributed by atoms with Crippen LogP contribution in [0.2, 0.25) is 0 Å². The number of amides is 1. The minimum atomic E-state index is -2.52. The van der Waals surface area contributed by atoms with Crippen LogP contribution in [0.5, 0.6) is 0 Å². The highest BCUT2D eigenvalue weighted by Gasteiger charge is 2.56. The molecular formula is C8H13F2NO. The highest BCUT2D eigenvalue weighted by molar-refractivity contribution is 5.77. The van der Waals surface area contributed by atoms with Crippen LogP contribution >= 0.6 is 0 Å². The molecule has 0 radical (unpaired) electrons. The van der Waals surface area contributed by atoms with Gasteiger partial charge in [-0.05, 0) is 0 Å². The SMILES string of the molecule is CC(C)C(=O)NCC1CC1(F)F. The number of hydrogen-bond acceptors (Lipinski definition) is 1. The van der Waals surface area contributed by atoms with Gasteiger partial charge in [-0.3, -0.25) is 4.79 Å². The molecule has 1 aliphatic carbocycles. The van der Waals surface area contributed by atoms with Gasteiger partial charge in [-0.2, -0.15) is 0 Å². The lowest BCUT2D eigenvalue weighted by atomic mass is 10.2. The molecule has 12 heavy (non-hydrogen) atoms. The van der Waals surface area contributed by atoms with Crippen LogP contribution in [0.3, 0.4) is 0 Å².